The molecule has 0 amide bonds. The second kappa shape index (κ2) is 4.48. The predicted octanol–water partition coefficient (Wildman–Crippen LogP) is 3.50. The van der Waals surface area contributed by atoms with E-state index in [1.165, 1.54) is 0 Å². The van der Waals surface area contributed by atoms with Gasteiger partial charge >= 0.3 is 5.76 Å². The Morgan fingerprint density at radius 3 is 2.33 bits per heavy atom. The van der Waals surface area contributed by atoms with Crippen LogP contribution >= 0.6 is 0 Å². The van der Waals surface area contributed by atoms with E-state index in [4.69, 9.17) is 4.42 Å². The van der Waals surface area contributed by atoms with Crippen molar-refractivity contribution in [3.05, 3.63) is 47.1 Å². The van der Waals surface area contributed by atoms with Crippen molar-refractivity contribution in [2.75, 3.05) is 0 Å². The summed E-state index contributed by atoms with van der Waals surface area (Å²) in [5.41, 5.74) is 0.668. The van der Waals surface area contributed by atoms with Gasteiger partial charge < -0.3 is 4.42 Å². The smallest absolute Gasteiger partial charge is 0.408 e. The highest BCUT2D eigenvalue weighted by Gasteiger charge is 2.27. The highest BCUT2D eigenvalue weighted by molar-refractivity contribution is 5.55. The summed E-state index contributed by atoms with van der Waals surface area (Å²) in [4.78, 5) is 12.0. The molecule has 0 aliphatic heterocycles. The van der Waals surface area contributed by atoms with Gasteiger partial charge in [-0.05, 0) is 19.8 Å². The normalized spacial score (nSPS) is 12.1. The van der Waals surface area contributed by atoms with E-state index in [1.54, 1.807) is 10.8 Å². The van der Waals surface area contributed by atoms with E-state index in [1.807, 2.05) is 44.2 Å². The molecule has 2 aromatic rings. The molecule has 1 aromatic heterocycles. The van der Waals surface area contributed by atoms with Crippen LogP contribution in [0.25, 0.3) is 11.3 Å². The predicted molar refractivity (Wildman–Crippen MR) is 72.6 cm³/mol. The van der Waals surface area contributed by atoms with Crippen molar-refractivity contribution in [3.63, 3.8) is 0 Å². The summed E-state index contributed by atoms with van der Waals surface area (Å²) < 4.78 is 7.03. The Bertz CT molecular complexity index is 576. The van der Waals surface area contributed by atoms with Gasteiger partial charge in [-0.3, -0.25) is 4.57 Å². The van der Waals surface area contributed by atoms with Crippen molar-refractivity contribution >= 4 is 0 Å². The van der Waals surface area contributed by atoms with Crippen molar-refractivity contribution < 1.29 is 4.42 Å². The first-order chi connectivity index (χ1) is 8.43. The lowest BCUT2D eigenvalue weighted by Crippen LogP contribution is -2.37. The van der Waals surface area contributed by atoms with Crippen LogP contribution in [0.5, 0.6) is 0 Å². The van der Waals surface area contributed by atoms with Crippen LogP contribution in [-0.2, 0) is 5.54 Å². The van der Waals surface area contributed by atoms with E-state index in [9.17, 15) is 4.79 Å². The Balaban J connectivity index is 2.49. The maximum absolute atomic E-state index is 12.0. The Labute approximate surface area is 107 Å². The first kappa shape index (κ1) is 12.7. The van der Waals surface area contributed by atoms with Crippen LogP contribution in [-0.4, -0.2) is 4.57 Å². The molecule has 0 aliphatic carbocycles. The molecule has 0 aliphatic rings. The van der Waals surface area contributed by atoms with Gasteiger partial charge in [0.05, 0.1) is 6.20 Å². The highest BCUT2D eigenvalue weighted by Crippen LogP contribution is 2.26. The fraction of sp³-hybridized carbons (Fsp3) is 0.400. The minimum absolute atomic E-state index is 0.256. The molecule has 1 heterocycles. The Kier molecular flexibility index (Phi) is 3.16. The number of hydrogen-bond donors (Lipinski definition) is 0. The zero-order valence-corrected chi connectivity index (χ0v) is 11.3. The Morgan fingerprint density at radius 1 is 1.17 bits per heavy atom. The van der Waals surface area contributed by atoms with E-state index in [2.05, 4.69) is 13.8 Å². The SMILES string of the molecule is CC(C)C(C)(C)n1cc(-c2ccccc2)oc1=O. The third-order valence-corrected chi connectivity index (χ3v) is 3.73. The summed E-state index contributed by atoms with van der Waals surface area (Å²) in [5, 5.41) is 0. The fourth-order valence-electron chi connectivity index (χ4n) is 1.76. The first-order valence-corrected chi connectivity index (χ1v) is 6.21. The minimum atomic E-state index is -0.299. The van der Waals surface area contributed by atoms with Crippen molar-refractivity contribution in [2.45, 2.75) is 33.2 Å². The summed E-state index contributed by atoms with van der Waals surface area (Å²) in [6.07, 6.45) is 1.80. The lowest BCUT2D eigenvalue weighted by atomic mass is 9.90. The second-order valence-corrected chi connectivity index (χ2v) is 5.41. The molecule has 2 rings (SSSR count). The van der Waals surface area contributed by atoms with E-state index in [0.29, 0.717) is 11.7 Å². The lowest BCUT2D eigenvalue weighted by Gasteiger charge is -2.29. The van der Waals surface area contributed by atoms with Crippen LogP contribution in [0.1, 0.15) is 27.7 Å². The van der Waals surface area contributed by atoms with Crippen molar-refractivity contribution in [2.24, 2.45) is 5.92 Å². The molecule has 0 unspecified atom stereocenters. The number of benzene rings is 1. The summed E-state index contributed by atoms with van der Waals surface area (Å²) in [6.45, 7) is 8.29. The van der Waals surface area contributed by atoms with Gasteiger partial charge in [-0.25, -0.2) is 4.79 Å². The van der Waals surface area contributed by atoms with Gasteiger partial charge in [-0.2, -0.15) is 0 Å². The number of rotatable bonds is 3. The van der Waals surface area contributed by atoms with Crippen LogP contribution in [0, 0.1) is 5.92 Å². The summed E-state index contributed by atoms with van der Waals surface area (Å²) >= 11 is 0. The van der Waals surface area contributed by atoms with Gasteiger partial charge in [0.1, 0.15) is 0 Å². The van der Waals surface area contributed by atoms with Crippen LogP contribution in [0.2, 0.25) is 0 Å². The molecule has 0 N–H and O–H groups in total. The molecule has 3 heteroatoms. The standard InChI is InChI=1S/C15H19NO2/c1-11(2)15(3,4)16-10-13(18-14(16)17)12-8-6-5-7-9-12/h5-11H,1-4H3. The molecule has 0 radical (unpaired) electrons. The van der Waals surface area contributed by atoms with E-state index in [0.717, 1.165) is 5.56 Å². The van der Waals surface area contributed by atoms with Crippen molar-refractivity contribution in [3.8, 4) is 11.3 Å². The van der Waals surface area contributed by atoms with Crippen LogP contribution in [0.4, 0.5) is 0 Å². The van der Waals surface area contributed by atoms with Crippen molar-refractivity contribution in [1.29, 1.82) is 0 Å². The second-order valence-electron chi connectivity index (χ2n) is 5.41. The zero-order chi connectivity index (χ0) is 13.3. The van der Waals surface area contributed by atoms with Gasteiger partial charge in [0, 0.05) is 11.1 Å². The molecule has 0 saturated carbocycles. The monoisotopic (exact) mass is 245 g/mol. The molecule has 3 nitrogen and oxygen atoms in total. The molecule has 0 saturated heterocycles. The average Bonchev–Trinajstić information content (AvgIpc) is 2.73. The Morgan fingerprint density at radius 2 is 1.78 bits per heavy atom. The third kappa shape index (κ3) is 2.13. The molecule has 0 atom stereocenters. The van der Waals surface area contributed by atoms with Gasteiger partial charge in [0.15, 0.2) is 5.76 Å². The van der Waals surface area contributed by atoms with Gasteiger partial charge in [0.2, 0.25) is 0 Å². The zero-order valence-electron chi connectivity index (χ0n) is 11.3. The molecule has 18 heavy (non-hydrogen) atoms. The largest absolute Gasteiger partial charge is 0.419 e. The quantitative estimate of drug-likeness (QED) is 0.829. The first-order valence-electron chi connectivity index (χ1n) is 6.21. The van der Waals surface area contributed by atoms with E-state index in [-0.39, 0.29) is 11.3 Å². The van der Waals surface area contributed by atoms with Gasteiger partial charge in [-0.15, -0.1) is 0 Å². The molecular weight excluding hydrogens is 226 g/mol. The molecular formula is C15H19NO2. The number of aromatic nitrogens is 1. The minimum Gasteiger partial charge on any atom is -0.408 e. The molecule has 96 valence electrons. The van der Waals surface area contributed by atoms with Crippen molar-refractivity contribution in [1.82, 2.24) is 4.57 Å². The Hall–Kier alpha value is -1.77. The summed E-state index contributed by atoms with van der Waals surface area (Å²) in [7, 11) is 0. The summed E-state index contributed by atoms with van der Waals surface area (Å²) in [5.74, 6) is 0.665. The molecule has 0 bridgehead atoms. The van der Waals surface area contributed by atoms with Crippen LogP contribution in [0.3, 0.4) is 0 Å². The van der Waals surface area contributed by atoms with Gasteiger partial charge in [-0.1, -0.05) is 44.2 Å². The number of hydrogen-bond acceptors (Lipinski definition) is 2. The molecule has 0 fully saturated rings. The maximum atomic E-state index is 12.0. The topological polar surface area (TPSA) is 35.1 Å². The summed E-state index contributed by atoms with van der Waals surface area (Å²) in [6, 6.07) is 9.67. The lowest BCUT2D eigenvalue weighted by molar-refractivity contribution is 0.232. The molecule has 0 spiro atoms. The van der Waals surface area contributed by atoms with E-state index >= 15 is 0 Å². The van der Waals surface area contributed by atoms with Crippen LogP contribution < -0.4 is 5.76 Å². The van der Waals surface area contributed by atoms with E-state index < -0.39 is 0 Å². The average molecular weight is 245 g/mol. The fourth-order valence-corrected chi connectivity index (χ4v) is 1.76. The van der Waals surface area contributed by atoms with Crippen LogP contribution in [0.15, 0.2) is 45.7 Å². The van der Waals surface area contributed by atoms with Gasteiger partial charge in [0.25, 0.3) is 0 Å². The number of nitrogens with zero attached hydrogens (tertiary/aromatic N) is 1. The maximum Gasteiger partial charge on any atom is 0.419 e. The number of oxazole rings is 1. The molecule has 1 aromatic carbocycles. The highest BCUT2D eigenvalue weighted by atomic mass is 16.4. The third-order valence-electron chi connectivity index (χ3n) is 3.73.